The molecule has 0 aromatic heterocycles. The second kappa shape index (κ2) is 9.98. The first kappa shape index (κ1) is 23.0. The van der Waals surface area contributed by atoms with Gasteiger partial charge in [-0.1, -0.05) is 31.4 Å². The summed E-state index contributed by atoms with van der Waals surface area (Å²) >= 11 is 0. The SMILES string of the molecule is CC(=O)c1ccc(S(=O)(=O)N[C@H](C)C(=O)O[C@H](C)C(=O)NC2CCCCC2)cc1. The fourth-order valence-corrected chi connectivity index (χ4v) is 4.31. The summed E-state index contributed by atoms with van der Waals surface area (Å²) in [6.07, 6.45) is 4.07. The molecule has 1 aromatic rings. The lowest BCUT2D eigenvalue weighted by atomic mass is 9.95. The Morgan fingerprint density at radius 1 is 1.03 bits per heavy atom. The summed E-state index contributed by atoms with van der Waals surface area (Å²) in [4.78, 5) is 35.7. The van der Waals surface area contributed by atoms with E-state index in [4.69, 9.17) is 4.74 Å². The van der Waals surface area contributed by atoms with Gasteiger partial charge < -0.3 is 10.1 Å². The van der Waals surface area contributed by atoms with Gasteiger partial charge in [-0.25, -0.2) is 8.42 Å². The summed E-state index contributed by atoms with van der Waals surface area (Å²) in [5.74, 6) is -1.42. The van der Waals surface area contributed by atoms with Crippen molar-refractivity contribution in [2.45, 2.75) is 76.0 Å². The molecule has 0 radical (unpaired) electrons. The van der Waals surface area contributed by atoms with Crippen LogP contribution >= 0.6 is 0 Å². The van der Waals surface area contributed by atoms with E-state index in [2.05, 4.69) is 10.0 Å². The molecule has 1 aliphatic rings. The average molecular weight is 425 g/mol. The van der Waals surface area contributed by atoms with Crippen LogP contribution in [0.1, 0.15) is 63.2 Å². The van der Waals surface area contributed by atoms with Crippen LogP contribution in [0, 0.1) is 0 Å². The van der Waals surface area contributed by atoms with E-state index in [0.717, 1.165) is 32.1 Å². The van der Waals surface area contributed by atoms with E-state index in [-0.39, 0.29) is 22.6 Å². The highest BCUT2D eigenvalue weighted by molar-refractivity contribution is 7.89. The van der Waals surface area contributed by atoms with E-state index in [0.29, 0.717) is 5.56 Å². The van der Waals surface area contributed by atoms with Gasteiger partial charge in [-0.3, -0.25) is 14.4 Å². The minimum atomic E-state index is -3.99. The van der Waals surface area contributed by atoms with Crippen molar-refractivity contribution in [2.75, 3.05) is 0 Å². The molecule has 9 heteroatoms. The summed E-state index contributed by atoms with van der Waals surface area (Å²) in [6.45, 7) is 4.18. The lowest BCUT2D eigenvalue weighted by molar-refractivity contribution is -0.156. The Bertz CT molecular complexity index is 844. The molecule has 0 unspecified atom stereocenters. The Labute approximate surface area is 171 Å². The first-order valence-electron chi connectivity index (χ1n) is 9.74. The zero-order chi connectivity index (χ0) is 21.6. The summed E-state index contributed by atoms with van der Waals surface area (Å²) < 4.78 is 32.2. The fourth-order valence-electron chi connectivity index (χ4n) is 3.11. The van der Waals surface area contributed by atoms with Gasteiger partial charge in [-0.05, 0) is 45.7 Å². The van der Waals surface area contributed by atoms with Gasteiger partial charge >= 0.3 is 5.97 Å². The molecule has 8 nitrogen and oxygen atoms in total. The fraction of sp³-hybridized carbons (Fsp3) is 0.550. The molecule has 1 amide bonds. The molecule has 0 saturated heterocycles. The Morgan fingerprint density at radius 3 is 2.17 bits per heavy atom. The van der Waals surface area contributed by atoms with E-state index in [1.807, 2.05) is 0 Å². The van der Waals surface area contributed by atoms with Crippen LogP contribution in [-0.2, 0) is 24.3 Å². The molecule has 1 aliphatic carbocycles. The molecule has 0 bridgehead atoms. The lowest BCUT2D eigenvalue weighted by Crippen LogP contribution is -2.46. The number of esters is 1. The van der Waals surface area contributed by atoms with E-state index < -0.39 is 28.1 Å². The van der Waals surface area contributed by atoms with E-state index in [1.165, 1.54) is 45.0 Å². The summed E-state index contributed by atoms with van der Waals surface area (Å²) in [7, 11) is -3.99. The predicted molar refractivity (Wildman–Crippen MR) is 107 cm³/mol. The van der Waals surface area contributed by atoms with Crippen LogP contribution in [0.4, 0.5) is 0 Å². The normalized spacial score (nSPS) is 17.2. The molecule has 2 N–H and O–H groups in total. The van der Waals surface area contributed by atoms with Crippen molar-refractivity contribution in [1.29, 1.82) is 0 Å². The number of hydrogen-bond donors (Lipinski definition) is 2. The topological polar surface area (TPSA) is 119 Å². The van der Waals surface area contributed by atoms with Crippen LogP contribution in [0.2, 0.25) is 0 Å². The minimum Gasteiger partial charge on any atom is -0.451 e. The molecule has 1 aromatic carbocycles. The predicted octanol–water partition coefficient (Wildman–Crippen LogP) is 1.94. The van der Waals surface area contributed by atoms with Gasteiger partial charge in [0.2, 0.25) is 10.0 Å². The molecule has 29 heavy (non-hydrogen) atoms. The van der Waals surface area contributed by atoms with Gasteiger partial charge in [-0.2, -0.15) is 4.72 Å². The van der Waals surface area contributed by atoms with Crippen molar-refractivity contribution in [1.82, 2.24) is 10.0 Å². The van der Waals surface area contributed by atoms with Crippen LogP contribution < -0.4 is 10.0 Å². The van der Waals surface area contributed by atoms with Crippen LogP contribution in [0.25, 0.3) is 0 Å². The average Bonchev–Trinajstić information content (AvgIpc) is 2.68. The van der Waals surface area contributed by atoms with Gasteiger partial charge in [0, 0.05) is 11.6 Å². The number of rotatable bonds is 8. The number of Topliss-reactive ketones (excluding diaryl/α,β-unsaturated/α-hetero) is 1. The van der Waals surface area contributed by atoms with Crippen LogP contribution in [0.3, 0.4) is 0 Å². The first-order chi connectivity index (χ1) is 13.6. The zero-order valence-electron chi connectivity index (χ0n) is 16.9. The maximum Gasteiger partial charge on any atom is 0.324 e. The molecule has 160 valence electrons. The van der Waals surface area contributed by atoms with Gasteiger partial charge in [0.1, 0.15) is 6.04 Å². The summed E-state index contributed by atoms with van der Waals surface area (Å²) in [6, 6.07) is 4.29. The molecular weight excluding hydrogens is 396 g/mol. The number of carbonyl (C=O) groups excluding carboxylic acids is 3. The van der Waals surface area contributed by atoms with E-state index in [9.17, 15) is 22.8 Å². The van der Waals surface area contributed by atoms with Crippen LogP contribution in [0.15, 0.2) is 29.2 Å². The smallest absolute Gasteiger partial charge is 0.324 e. The van der Waals surface area contributed by atoms with Crippen LogP contribution in [0.5, 0.6) is 0 Å². The van der Waals surface area contributed by atoms with Gasteiger partial charge in [0.15, 0.2) is 11.9 Å². The van der Waals surface area contributed by atoms with Crippen molar-refractivity contribution < 1.29 is 27.5 Å². The van der Waals surface area contributed by atoms with Crippen molar-refractivity contribution in [3.63, 3.8) is 0 Å². The van der Waals surface area contributed by atoms with Crippen LogP contribution in [-0.4, -0.2) is 44.3 Å². The highest BCUT2D eigenvalue weighted by Gasteiger charge is 2.27. The number of benzene rings is 1. The first-order valence-corrected chi connectivity index (χ1v) is 11.2. The lowest BCUT2D eigenvalue weighted by Gasteiger charge is -2.24. The maximum atomic E-state index is 12.4. The van der Waals surface area contributed by atoms with E-state index in [1.54, 1.807) is 0 Å². The highest BCUT2D eigenvalue weighted by atomic mass is 32.2. The van der Waals surface area contributed by atoms with Crippen molar-refractivity contribution in [3.8, 4) is 0 Å². The Hall–Kier alpha value is -2.26. The number of ketones is 1. The Kier molecular flexibility index (Phi) is 7.92. The standard InChI is InChI=1S/C20H28N2O6S/c1-13(22-29(26,27)18-11-9-16(10-12-18)14(2)23)20(25)28-15(3)19(24)21-17-7-5-4-6-8-17/h9-13,15,17,22H,4-8H2,1-3H3,(H,21,24)/t13-,15-/m1/s1. The molecule has 0 heterocycles. The summed E-state index contributed by atoms with van der Waals surface area (Å²) in [5.41, 5.74) is 0.384. The third kappa shape index (κ3) is 6.64. The van der Waals surface area contributed by atoms with Crippen molar-refractivity contribution in [3.05, 3.63) is 29.8 Å². The summed E-state index contributed by atoms with van der Waals surface area (Å²) in [5, 5.41) is 2.87. The quantitative estimate of drug-likeness (QED) is 0.486. The zero-order valence-corrected chi connectivity index (χ0v) is 17.8. The third-order valence-corrected chi connectivity index (χ3v) is 6.43. The van der Waals surface area contributed by atoms with Gasteiger partial charge in [-0.15, -0.1) is 0 Å². The number of carbonyl (C=O) groups is 3. The monoisotopic (exact) mass is 424 g/mol. The maximum absolute atomic E-state index is 12.4. The highest BCUT2D eigenvalue weighted by Crippen LogP contribution is 2.17. The number of nitrogens with one attached hydrogen (secondary N) is 2. The molecule has 1 saturated carbocycles. The van der Waals surface area contributed by atoms with Gasteiger partial charge in [0.25, 0.3) is 5.91 Å². The molecule has 0 spiro atoms. The Balaban J connectivity index is 1.91. The third-order valence-electron chi connectivity index (χ3n) is 4.87. The van der Waals surface area contributed by atoms with E-state index >= 15 is 0 Å². The number of hydrogen-bond acceptors (Lipinski definition) is 6. The molecule has 0 aliphatic heterocycles. The number of sulfonamides is 1. The van der Waals surface area contributed by atoms with Crippen molar-refractivity contribution >= 4 is 27.7 Å². The Morgan fingerprint density at radius 2 is 1.62 bits per heavy atom. The molecule has 2 rings (SSSR count). The minimum absolute atomic E-state index is 0.0785. The molecule has 2 atom stereocenters. The van der Waals surface area contributed by atoms with Crippen molar-refractivity contribution in [2.24, 2.45) is 0 Å². The number of amides is 1. The largest absolute Gasteiger partial charge is 0.451 e. The number of ether oxygens (including phenoxy) is 1. The molecular formula is C20H28N2O6S. The van der Waals surface area contributed by atoms with Gasteiger partial charge in [0.05, 0.1) is 4.90 Å². The second-order valence-corrected chi connectivity index (χ2v) is 9.06. The second-order valence-electron chi connectivity index (χ2n) is 7.35. The molecule has 1 fully saturated rings.